The summed E-state index contributed by atoms with van der Waals surface area (Å²) in [5.41, 5.74) is 1.04. The van der Waals surface area contributed by atoms with Gasteiger partial charge in [-0.05, 0) is 60.6 Å². The molecule has 106 valence electrons. The van der Waals surface area contributed by atoms with E-state index in [0.29, 0.717) is 22.5 Å². The zero-order chi connectivity index (χ0) is 14.0. The Morgan fingerprint density at radius 1 is 1.16 bits per heavy atom. The quantitative estimate of drug-likeness (QED) is 0.823. The minimum atomic E-state index is -3.40. The van der Waals surface area contributed by atoms with E-state index in [0.717, 1.165) is 25.1 Å². The summed E-state index contributed by atoms with van der Waals surface area (Å²) in [5.74, 6) is 0. The molecule has 0 radical (unpaired) electrons. The normalized spacial score (nSPS) is 19.3. The number of sulfonamides is 1. The summed E-state index contributed by atoms with van der Waals surface area (Å²) >= 11 is 3.36. The van der Waals surface area contributed by atoms with Crippen molar-refractivity contribution in [3.63, 3.8) is 0 Å². The van der Waals surface area contributed by atoms with E-state index >= 15 is 0 Å². The van der Waals surface area contributed by atoms with Crippen molar-refractivity contribution in [1.82, 2.24) is 9.21 Å². The molecule has 2 rings (SSSR count). The number of benzene rings is 1. The molecule has 1 aromatic rings. The smallest absolute Gasteiger partial charge is 0.244 e. The lowest BCUT2D eigenvalue weighted by atomic mass is 10.2. The van der Waals surface area contributed by atoms with Crippen molar-refractivity contribution in [2.45, 2.75) is 18.2 Å². The van der Waals surface area contributed by atoms with Crippen LogP contribution in [-0.4, -0.2) is 50.8 Å². The van der Waals surface area contributed by atoms with E-state index in [1.54, 1.807) is 10.4 Å². The molecule has 1 heterocycles. The topological polar surface area (TPSA) is 40.6 Å². The fourth-order valence-electron chi connectivity index (χ4n) is 2.22. The van der Waals surface area contributed by atoms with Crippen LogP contribution in [0.4, 0.5) is 0 Å². The van der Waals surface area contributed by atoms with Gasteiger partial charge in [-0.25, -0.2) is 8.42 Å². The Morgan fingerprint density at radius 2 is 1.89 bits per heavy atom. The maximum Gasteiger partial charge on any atom is 0.244 e. The van der Waals surface area contributed by atoms with E-state index in [1.165, 1.54) is 0 Å². The first kappa shape index (κ1) is 15.0. The molecular formula is C13H19BrN2O2S. The van der Waals surface area contributed by atoms with Gasteiger partial charge < -0.3 is 4.90 Å². The SMILES string of the molecule is Cc1ccc(S(=O)(=O)N2CCCN(C)CC2)c(Br)c1. The standard InChI is InChI=1S/C13H19BrN2O2S/c1-11-4-5-13(12(14)10-11)19(17,18)16-7-3-6-15(2)8-9-16/h4-5,10H,3,6-9H2,1-2H3. The first-order chi connectivity index (χ1) is 8.91. The predicted molar refractivity (Wildman–Crippen MR) is 79.8 cm³/mol. The Labute approximate surface area is 123 Å². The minimum Gasteiger partial charge on any atom is -0.305 e. The molecule has 0 atom stereocenters. The first-order valence-electron chi connectivity index (χ1n) is 6.36. The molecule has 0 aromatic heterocycles. The summed E-state index contributed by atoms with van der Waals surface area (Å²) in [6, 6.07) is 5.36. The highest BCUT2D eigenvalue weighted by Crippen LogP contribution is 2.26. The van der Waals surface area contributed by atoms with Gasteiger partial charge in [0.15, 0.2) is 0 Å². The highest BCUT2D eigenvalue weighted by Gasteiger charge is 2.27. The van der Waals surface area contributed by atoms with Crippen LogP contribution < -0.4 is 0 Å². The van der Waals surface area contributed by atoms with Gasteiger partial charge in [-0.2, -0.15) is 4.31 Å². The second kappa shape index (κ2) is 5.91. The molecule has 1 saturated heterocycles. The van der Waals surface area contributed by atoms with Crippen LogP contribution in [0, 0.1) is 6.92 Å². The molecule has 4 nitrogen and oxygen atoms in total. The van der Waals surface area contributed by atoms with Gasteiger partial charge in [0.1, 0.15) is 0 Å². The van der Waals surface area contributed by atoms with Gasteiger partial charge in [0.05, 0.1) is 4.90 Å². The predicted octanol–water partition coefficient (Wildman–Crippen LogP) is 2.08. The van der Waals surface area contributed by atoms with Crippen LogP contribution in [0.1, 0.15) is 12.0 Å². The van der Waals surface area contributed by atoms with Gasteiger partial charge in [0, 0.05) is 24.1 Å². The van der Waals surface area contributed by atoms with Gasteiger partial charge in [-0.1, -0.05) is 6.07 Å². The summed E-state index contributed by atoms with van der Waals surface area (Å²) in [6.45, 7) is 4.82. The summed E-state index contributed by atoms with van der Waals surface area (Å²) in [6.07, 6.45) is 0.874. The maximum absolute atomic E-state index is 12.7. The van der Waals surface area contributed by atoms with Crippen LogP contribution in [0.25, 0.3) is 0 Å². The lowest BCUT2D eigenvalue weighted by Crippen LogP contribution is -2.34. The highest BCUT2D eigenvalue weighted by molar-refractivity contribution is 9.10. The van der Waals surface area contributed by atoms with Crippen molar-refractivity contribution in [3.05, 3.63) is 28.2 Å². The summed E-state index contributed by atoms with van der Waals surface area (Å²) in [7, 11) is -1.37. The van der Waals surface area contributed by atoms with Crippen LogP contribution in [0.2, 0.25) is 0 Å². The van der Waals surface area contributed by atoms with Crippen molar-refractivity contribution in [2.75, 3.05) is 33.2 Å². The third-order valence-corrected chi connectivity index (χ3v) is 6.26. The third-order valence-electron chi connectivity index (χ3n) is 3.38. The molecule has 0 bridgehead atoms. The molecular weight excluding hydrogens is 328 g/mol. The second-order valence-corrected chi connectivity index (χ2v) is 7.76. The number of likely N-dealkylation sites (N-methyl/N-ethyl adjacent to an activating group) is 1. The maximum atomic E-state index is 12.7. The van der Waals surface area contributed by atoms with Crippen molar-refractivity contribution < 1.29 is 8.42 Å². The second-order valence-electron chi connectivity index (χ2n) is 4.99. The lowest BCUT2D eigenvalue weighted by Gasteiger charge is -2.21. The molecule has 1 aliphatic rings. The monoisotopic (exact) mass is 346 g/mol. The number of aryl methyl sites for hydroxylation is 1. The molecule has 1 fully saturated rings. The van der Waals surface area contributed by atoms with E-state index in [4.69, 9.17) is 0 Å². The Morgan fingerprint density at radius 3 is 2.58 bits per heavy atom. The number of halogens is 1. The average molecular weight is 347 g/mol. The lowest BCUT2D eigenvalue weighted by molar-refractivity contribution is 0.347. The molecule has 1 aliphatic heterocycles. The number of hydrogen-bond donors (Lipinski definition) is 0. The zero-order valence-corrected chi connectivity index (χ0v) is 13.7. The van der Waals surface area contributed by atoms with E-state index in [9.17, 15) is 8.42 Å². The molecule has 0 spiro atoms. The Balaban J connectivity index is 2.31. The molecule has 1 aromatic carbocycles. The van der Waals surface area contributed by atoms with E-state index in [-0.39, 0.29) is 0 Å². The number of hydrogen-bond acceptors (Lipinski definition) is 3. The molecule has 0 aliphatic carbocycles. The molecule has 19 heavy (non-hydrogen) atoms. The molecule has 0 saturated carbocycles. The molecule has 0 amide bonds. The highest BCUT2D eigenvalue weighted by atomic mass is 79.9. The van der Waals surface area contributed by atoms with Crippen molar-refractivity contribution in [2.24, 2.45) is 0 Å². The van der Waals surface area contributed by atoms with E-state index in [2.05, 4.69) is 20.8 Å². The van der Waals surface area contributed by atoms with Gasteiger partial charge in [-0.15, -0.1) is 0 Å². The van der Waals surface area contributed by atoms with Crippen molar-refractivity contribution in [1.29, 1.82) is 0 Å². The fraction of sp³-hybridized carbons (Fsp3) is 0.538. The first-order valence-corrected chi connectivity index (χ1v) is 8.59. The summed E-state index contributed by atoms with van der Waals surface area (Å²) in [5, 5.41) is 0. The van der Waals surface area contributed by atoms with Crippen LogP contribution in [0.5, 0.6) is 0 Å². The van der Waals surface area contributed by atoms with Crippen LogP contribution in [-0.2, 0) is 10.0 Å². The van der Waals surface area contributed by atoms with Gasteiger partial charge in [-0.3, -0.25) is 0 Å². The average Bonchev–Trinajstić information content (AvgIpc) is 2.53. The van der Waals surface area contributed by atoms with Crippen molar-refractivity contribution >= 4 is 26.0 Å². The van der Waals surface area contributed by atoms with Gasteiger partial charge in [0.2, 0.25) is 10.0 Å². The zero-order valence-electron chi connectivity index (χ0n) is 11.3. The van der Waals surface area contributed by atoms with Gasteiger partial charge >= 0.3 is 0 Å². The third kappa shape index (κ3) is 3.37. The Hall–Kier alpha value is -0.430. The molecule has 0 N–H and O–H groups in total. The van der Waals surface area contributed by atoms with E-state index in [1.807, 2.05) is 26.1 Å². The molecule has 6 heteroatoms. The van der Waals surface area contributed by atoms with Crippen molar-refractivity contribution in [3.8, 4) is 0 Å². The van der Waals surface area contributed by atoms with Crippen LogP contribution in [0.3, 0.4) is 0 Å². The Bertz CT molecular complexity index is 560. The number of nitrogens with zero attached hydrogens (tertiary/aromatic N) is 2. The summed E-state index contributed by atoms with van der Waals surface area (Å²) in [4.78, 5) is 2.53. The van der Waals surface area contributed by atoms with Gasteiger partial charge in [0.25, 0.3) is 0 Å². The largest absolute Gasteiger partial charge is 0.305 e. The number of rotatable bonds is 2. The molecule has 0 unspecified atom stereocenters. The fourth-order valence-corrected chi connectivity index (χ4v) is 4.84. The van der Waals surface area contributed by atoms with Crippen LogP contribution >= 0.6 is 15.9 Å². The summed E-state index contributed by atoms with van der Waals surface area (Å²) < 4.78 is 27.5. The Kier molecular flexibility index (Phi) is 4.66. The minimum absolute atomic E-state index is 0.364. The van der Waals surface area contributed by atoms with Crippen LogP contribution in [0.15, 0.2) is 27.6 Å². The van der Waals surface area contributed by atoms with E-state index < -0.39 is 10.0 Å².